The first-order valence-corrected chi connectivity index (χ1v) is 8.67. The third-order valence-electron chi connectivity index (χ3n) is 4.82. The normalized spacial score (nSPS) is 20.6. The van der Waals surface area contributed by atoms with Crippen molar-refractivity contribution in [1.29, 1.82) is 0 Å². The number of aromatic nitrogens is 2. The zero-order chi connectivity index (χ0) is 17.3. The summed E-state index contributed by atoms with van der Waals surface area (Å²) in [6.45, 7) is 6.21. The van der Waals surface area contributed by atoms with E-state index in [4.69, 9.17) is 17.3 Å². The van der Waals surface area contributed by atoms with Crippen molar-refractivity contribution >= 4 is 17.5 Å². The number of benzene rings is 1. The van der Waals surface area contributed by atoms with Crippen molar-refractivity contribution in [3.63, 3.8) is 0 Å². The maximum Gasteiger partial charge on any atom is 0.257 e. The lowest BCUT2D eigenvalue weighted by atomic mass is 9.90. The number of halogens is 1. The Hall–Kier alpha value is -1.85. The molecule has 6 heteroatoms. The van der Waals surface area contributed by atoms with E-state index in [1.165, 1.54) is 0 Å². The number of rotatable bonds is 4. The molecule has 1 atom stereocenters. The fraction of sp³-hybridized carbons (Fsp3) is 0.444. The number of hydrogen-bond donors (Lipinski definition) is 1. The third kappa shape index (κ3) is 3.06. The highest BCUT2D eigenvalue weighted by Gasteiger charge is 2.36. The van der Waals surface area contributed by atoms with E-state index in [2.05, 4.69) is 12.0 Å². The molecule has 0 spiro atoms. The van der Waals surface area contributed by atoms with Crippen LogP contribution in [0.1, 0.15) is 36.3 Å². The first-order valence-electron chi connectivity index (χ1n) is 8.29. The molecule has 2 N–H and O–H groups in total. The minimum absolute atomic E-state index is 0.0188. The van der Waals surface area contributed by atoms with Crippen molar-refractivity contribution in [2.75, 3.05) is 19.6 Å². The Morgan fingerprint density at radius 2 is 2.25 bits per heavy atom. The first kappa shape index (κ1) is 17.0. The molecule has 1 unspecified atom stereocenters. The minimum atomic E-state index is 0.0188. The van der Waals surface area contributed by atoms with Crippen LogP contribution in [0.15, 0.2) is 30.5 Å². The van der Waals surface area contributed by atoms with Crippen molar-refractivity contribution in [2.45, 2.75) is 26.7 Å². The number of nitrogens with two attached hydrogens (primary N) is 1. The number of carbonyl (C=O) groups excluding carboxylic acids is 1. The molecule has 2 aromatic rings. The summed E-state index contributed by atoms with van der Waals surface area (Å²) in [4.78, 5) is 14.8. The highest BCUT2D eigenvalue weighted by atomic mass is 35.5. The molecule has 0 saturated carbocycles. The molecule has 2 heterocycles. The van der Waals surface area contributed by atoms with Crippen LogP contribution in [-0.2, 0) is 6.42 Å². The van der Waals surface area contributed by atoms with Gasteiger partial charge in [0.05, 0.1) is 23.1 Å². The maximum absolute atomic E-state index is 12.9. The van der Waals surface area contributed by atoms with Gasteiger partial charge in [-0.1, -0.05) is 31.5 Å². The summed E-state index contributed by atoms with van der Waals surface area (Å²) in [7, 11) is 0. The summed E-state index contributed by atoms with van der Waals surface area (Å²) >= 11 is 6.08. The van der Waals surface area contributed by atoms with Crippen LogP contribution < -0.4 is 5.73 Å². The van der Waals surface area contributed by atoms with Gasteiger partial charge in [-0.3, -0.25) is 4.79 Å². The van der Waals surface area contributed by atoms with Crippen molar-refractivity contribution in [3.05, 3.63) is 46.7 Å². The standard InChI is InChI=1S/C18H23ClN4O/c1-3-16-15(17(24)22-8-7-18(2,11-20)12-22)10-21-23(16)14-6-4-5-13(19)9-14/h4-6,9-10H,3,7-8,11-12,20H2,1-2H3. The minimum Gasteiger partial charge on any atom is -0.338 e. The first-order chi connectivity index (χ1) is 11.5. The van der Waals surface area contributed by atoms with Crippen LogP contribution in [0.5, 0.6) is 0 Å². The zero-order valence-corrected chi connectivity index (χ0v) is 14.9. The maximum atomic E-state index is 12.9. The van der Waals surface area contributed by atoms with Crippen molar-refractivity contribution in [1.82, 2.24) is 14.7 Å². The molecule has 128 valence electrons. The summed E-state index contributed by atoms with van der Waals surface area (Å²) < 4.78 is 1.80. The lowest BCUT2D eigenvalue weighted by molar-refractivity contribution is 0.0776. The van der Waals surface area contributed by atoms with Crippen LogP contribution in [0.3, 0.4) is 0 Å². The Morgan fingerprint density at radius 3 is 2.88 bits per heavy atom. The number of amides is 1. The summed E-state index contributed by atoms with van der Waals surface area (Å²) in [5, 5.41) is 5.08. The van der Waals surface area contributed by atoms with Crippen LogP contribution in [0.25, 0.3) is 5.69 Å². The van der Waals surface area contributed by atoms with E-state index in [9.17, 15) is 4.79 Å². The molecule has 1 amide bonds. The van der Waals surface area contributed by atoms with E-state index in [1.807, 2.05) is 36.1 Å². The number of likely N-dealkylation sites (tertiary alicyclic amines) is 1. The van der Waals surface area contributed by atoms with E-state index in [-0.39, 0.29) is 11.3 Å². The molecule has 1 aromatic carbocycles. The molecule has 0 bridgehead atoms. The zero-order valence-electron chi connectivity index (χ0n) is 14.1. The van der Waals surface area contributed by atoms with Crippen LogP contribution in [0.4, 0.5) is 0 Å². The summed E-state index contributed by atoms with van der Waals surface area (Å²) in [6.07, 6.45) is 3.33. The summed E-state index contributed by atoms with van der Waals surface area (Å²) in [6, 6.07) is 7.49. The Kier molecular flexibility index (Phi) is 4.65. The van der Waals surface area contributed by atoms with Crippen LogP contribution >= 0.6 is 11.6 Å². The van der Waals surface area contributed by atoms with E-state index >= 15 is 0 Å². The smallest absolute Gasteiger partial charge is 0.257 e. The Morgan fingerprint density at radius 1 is 1.46 bits per heavy atom. The average Bonchev–Trinajstić information content (AvgIpc) is 3.18. The molecule has 1 aliphatic heterocycles. The summed E-state index contributed by atoms with van der Waals surface area (Å²) in [5.74, 6) is 0.0392. The van der Waals surface area contributed by atoms with Crippen molar-refractivity contribution in [3.8, 4) is 5.69 Å². The van der Waals surface area contributed by atoms with Gasteiger partial charge in [-0.2, -0.15) is 5.10 Å². The third-order valence-corrected chi connectivity index (χ3v) is 5.06. The second kappa shape index (κ2) is 6.57. The second-order valence-corrected chi connectivity index (χ2v) is 7.18. The van der Waals surface area contributed by atoms with E-state index < -0.39 is 0 Å². The molecular weight excluding hydrogens is 324 g/mol. The molecule has 3 rings (SSSR count). The highest BCUT2D eigenvalue weighted by Crippen LogP contribution is 2.30. The van der Waals surface area contributed by atoms with Crippen LogP contribution in [0, 0.1) is 5.41 Å². The molecule has 0 radical (unpaired) electrons. The Labute approximate surface area is 147 Å². The highest BCUT2D eigenvalue weighted by molar-refractivity contribution is 6.30. The number of nitrogens with zero attached hydrogens (tertiary/aromatic N) is 3. The van der Waals surface area contributed by atoms with Gasteiger partial charge in [0.15, 0.2) is 0 Å². The van der Waals surface area contributed by atoms with Gasteiger partial charge in [0.1, 0.15) is 0 Å². The van der Waals surface area contributed by atoms with Gasteiger partial charge in [-0.25, -0.2) is 4.68 Å². The molecule has 1 saturated heterocycles. The topological polar surface area (TPSA) is 64.2 Å². The van der Waals surface area contributed by atoms with E-state index in [0.29, 0.717) is 23.7 Å². The van der Waals surface area contributed by atoms with Gasteiger partial charge in [0.25, 0.3) is 5.91 Å². The van der Waals surface area contributed by atoms with Gasteiger partial charge in [0.2, 0.25) is 0 Å². The predicted octanol–water partition coefficient (Wildman–Crippen LogP) is 2.90. The molecule has 1 aliphatic rings. The quantitative estimate of drug-likeness (QED) is 0.925. The lowest BCUT2D eigenvalue weighted by Gasteiger charge is -2.22. The van der Waals surface area contributed by atoms with Gasteiger partial charge in [-0.05, 0) is 43.0 Å². The molecule has 5 nitrogen and oxygen atoms in total. The lowest BCUT2D eigenvalue weighted by Crippen LogP contribution is -2.34. The monoisotopic (exact) mass is 346 g/mol. The largest absolute Gasteiger partial charge is 0.338 e. The van der Waals surface area contributed by atoms with Gasteiger partial charge in [-0.15, -0.1) is 0 Å². The van der Waals surface area contributed by atoms with Crippen molar-refractivity contribution < 1.29 is 4.79 Å². The Balaban J connectivity index is 1.91. The molecule has 1 fully saturated rings. The second-order valence-electron chi connectivity index (χ2n) is 6.74. The molecule has 24 heavy (non-hydrogen) atoms. The van der Waals surface area contributed by atoms with Gasteiger partial charge >= 0.3 is 0 Å². The Bertz CT molecular complexity index is 757. The molecular formula is C18H23ClN4O. The van der Waals surface area contributed by atoms with Gasteiger partial charge in [0, 0.05) is 18.1 Å². The van der Waals surface area contributed by atoms with E-state index in [0.717, 1.165) is 30.8 Å². The molecule has 1 aromatic heterocycles. The fourth-order valence-electron chi connectivity index (χ4n) is 3.26. The SMILES string of the molecule is CCc1c(C(=O)N2CCC(C)(CN)C2)cnn1-c1cccc(Cl)c1. The fourth-order valence-corrected chi connectivity index (χ4v) is 3.44. The summed E-state index contributed by atoms with van der Waals surface area (Å²) in [5.41, 5.74) is 8.31. The van der Waals surface area contributed by atoms with E-state index in [1.54, 1.807) is 10.9 Å². The predicted molar refractivity (Wildman–Crippen MR) is 95.6 cm³/mol. The van der Waals surface area contributed by atoms with Crippen LogP contribution in [0.2, 0.25) is 5.02 Å². The number of hydrogen-bond acceptors (Lipinski definition) is 3. The van der Waals surface area contributed by atoms with Crippen LogP contribution in [-0.4, -0.2) is 40.2 Å². The van der Waals surface area contributed by atoms with Gasteiger partial charge < -0.3 is 10.6 Å². The number of carbonyl (C=O) groups is 1. The average molecular weight is 347 g/mol. The van der Waals surface area contributed by atoms with Crippen molar-refractivity contribution in [2.24, 2.45) is 11.1 Å². The molecule has 0 aliphatic carbocycles.